The molecule has 0 aliphatic heterocycles. The van der Waals surface area contributed by atoms with Gasteiger partial charge in [0.2, 0.25) is 5.91 Å². The van der Waals surface area contributed by atoms with E-state index in [9.17, 15) is 9.59 Å². The standard InChI is InChI=1S/C7H15N3O2S/c1-5(9-3-4-13-2)6(11)10-7(8)12/h5,9H,3-4H2,1-2H3,(H3,8,10,11,12). The highest BCUT2D eigenvalue weighted by atomic mass is 32.2. The van der Waals surface area contributed by atoms with Crippen LogP contribution in [0.25, 0.3) is 0 Å². The van der Waals surface area contributed by atoms with Crippen LogP contribution in [0.2, 0.25) is 0 Å². The maximum atomic E-state index is 11.1. The van der Waals surface area contributed by atoms with E-state index >= 15 is 0 Å². The van der Waals surface area contributed by atoms with E-state index in [0.29, 0.717) is 0 Å². The number of amides is 3. The smallest absolute Gasteiger partial charge is 0.318 e. The fraction of sp³-hybridized carbons (Fsp3) is 0.714. The van der Waals surface area contributed by atoms with E-state index in [1.165, 1.54) is 0 Å². The molecule has 0 saturated carbocycles. The maximum Gasteiger partial charge on any atom is 0.318 e. The molecule has 0 radical (unpaired) electrons. The van der Waals surface area contributed by atoms with Crippen LogP contribution in [0.15, 0.2) is 0 Å². The predicted molar refractivity (Wildman–Crippen MR) is 53.6 cm³/mol. The van der Waals surface area contributed by atoms with Crippen LogP contribution in [0.1, 0.15) is 6.92 Å². The van der Waals surface area contributed by atoms with Gasteiger partial charge in [-0.25, -0.2) is 4.79 Å². The van der Waals surface area contributed by atoms with Crippen LogP contribution in [-0.4, -0.2) is 36.5 Å². The van der Waals surface area contributed by atoms with Crippen LogP contribution < -0.4 is 16.4 Å². The molecule has 0 spiro atoms. The molecule has 0 aromatic heterocycles. The number of thioether (sulfide) groups is 1. The number of urea groups is 1. The Morgan fingerprint density at radius 2 is 2.15 bits per heavy atom. The Balaban J connectivity index is 3.63. The Hall–Kier alpha value is -0.750. The molecule has 1 unspecified atom stereocenters. The monoisotopic (exact) mass is 205 g/mol. The van der Waals surface area contributed by atoms with E-state index in [1.807, 2.05) is 11.6 Å². The zero-order valence-corrected chi connectivity index (χ0v) is 8.61. The van der Waals surface area contributed by atoms with Crippen molar-refractivity contribution in [3.05, 3.63) is 0 Å². The first-order valence-corrected chi connectivity index (χ1v) is 5.30. The summed E-state index contributed by atoms with van der Waals surface area (Å²) in [7, 11) is 0. The topological polar surface area (TPSA) is 84.2 Å². The summed E-state index contributed by atoms with van der Waals surface area (Å²) in [5.74, 6) is 0.530. The van der Waals surface area contributed by atoms with Crippen molar-refractivity contribution >= 4 is 23.7 Å². The molecule has 13 heavy (non-hydrogen) atoms. The van der Waals surface area contributed by atoms with E-state index in [2.05, 4.69) is 5.32 Å². The second-order valence-corrected chi connectivity index (χ2v) is 3.51. The lowest BCUT2D eigenvalue weighted by molar-refractivity contribution is -0.121. The molecule has 0 aromatic rings. The van der Waals surface area contributed by atoms with Gasteiger partial charge in [0.15, 0.2) is 0 Å². The maximum absolute atomic E-state index is 11.1. The Morgan fingerprint density at radius 3 is 2.62 bits per heavy atom. The quantitative estimate of drug-likeness (QED) is 0.529. The number of rotatable bonds is 5. The van der Waals surface area contributed by atoms with Gasteiger partial charge in [-0.3, -0.25) is 10.1 Å². The highest BCUT2D eigenvalue weighted by Gasteiger charge is 2.12. The number of nitrogens with two attached hydrogens (primary N) is 1. The Kier molecular flexibility index (Phi) is 6.34. The second-order valence-electron chi connectivity index (χ2n) is 2.52. The summed E-state index contributed by atoms with van der Waals surface area (Å²) in [6.07, 6.45) is 1.98. The van der Waals surface area contributed by atoms with Crippen molar-refractivity contribution in [2.45, 2.75) is 13.0 Å². The first-order valence-electron chi connectivity index (χ1n) is 3.90. The minimum atomic E-state index is -0.816. The number of primary amides is 1. The SMILES string of the molecule is CSCCNC(C)C(=O)NC(N)=O. The van der Waals surface area contributed by atoms with Crippen molar-refractivity contribution in [3.63, 3.8) is 0 Å². The average molecular weight is 205 g/mol. The molecule has 0 aromatic carbocycles. The molecule has 76 valence electrons. The molecule has 0 aliphatic carbocycles. The first kappa shape index (κ1) is 12.2. The molecule has 0 heterocycles. The highest BCUT2D eigenvalue weighted by molar-refractivity contribution is 7.98. The van der Waals surface area contributed by atoms with Crippen molar-refractivity contribution in [2.75, 3.05) is 18.6 Å². The molecular weight excluding hydrogens is 190 g/mol. The molecule has 0 bridgehead atoms. The summed E-state index contributed by atoms with van der Waals surface area (Å²) in [4.78, 5) is 21.4. The third kappa shape index (κ3) is 6.41. The predicted octanol–water partition coefficient (Wildman–Crippen LogP) is -0.478. The van der Waals surface area contributed by atoms with Crippen molar-refractivity contribution < 1.29 is 9.59 Å². The Morgan fingerprint density at radius 1 is 1.54 bits per heavy atom. The Labute approximate surface area is 81.8 Å². The van der Waals surface area contributed by atoms with Gasteiger partial charge in [-0.15, -0.1) is 0 Å². The van der Waals surface area contributed by atoms with Gasteiger partial charge in [0.25, 0.3) is 0 Å². The third-order valence-electron chi connectivity index (χ3n) is 1.40. The minimum absolute atomic E-state index is 0.389. The normalized spacial score (nSPS) is 12.2. The fourth-order valence-corrected chi connectivity index (χ4v) is 1.02. The number of carbonyl (C=O) groups excluding carboxylic acids is 2. The van der Waals surface area contributed by atoms with E-state index < -0.39 is 11.9 Å². The first-order chi connectivity index (χ1) is 6.07. The summed E-state index contributed by atoms with van der Waals surface area (Å²) in [5, 5.41) is 4.95. The molecule has 4 N–H and O–H groups in total. The number of hydrogen-bond acceptors (Lipinski definition) is 4. The zero-order chi connectivity index (χ0) is 10.3. The van der Waals surface area contributed by atoms with E-state index in [4.69, 9.17) is 5.73 Å². The van der Waals surface area contributed by atoms with Crippen LogP contribution in [0.3, 0.4) is 0 Å². The second kappa shape index (κ2) is 6.73. The number of nitrogens with one attached hydrogen (secondary N) is 2. The van der Waals surface area contributed by atoms with Crippen molar-refractivity contribution in [1.29, 1.82) is 0 Å². The molecular formula is C7H15N3O2S. The summed E-state index contributed by atoms with van der Waals surface area (Å²) >= 11 is 1.68. The van der Waals surface area contributed by atoms with Gasteiger partial charge in [-0.05, 0) is 13.2 Å². The third-order valence-corrected chi connectivity index (χ3v) is 2.01. The van der Waals surface area contributed by atoms with Crippen molar-refractivity contribution in [3.8, 4) is 0 Å². The van der Waals surface area contributed by atoms with Crippen LogP contribution in [0.5, 0.6) is 0 Å². The molecule has 5 nitrogen and oxygen atoms in total. The number of hydrogen-bond donors (Lipinski definition) is 3. The Bertz CT molecular complexity index is 187. The lowest BCUT2D eigenvalue weighted by Gasteiger charge is -2.11. The van der Waals surface area contributed by atoms with Gasteiger partial charge in [0.1, 0.15) is 0 Å². The largest absolute Gasteiger partial charge is 0.351 e. The lowest BCUT2D eigenvalue weighted by Crippen LogP contribution is -2.46. The van der Waals surface area contributed by atoms with E-state index in [0.717, 1.165) is 12.3 Å². The van der Waals surface area contributed by atoms with Crippen LogP contribution in [0.4, 0.5) is 4.79 Å². The van der Waals surface area contributed by atoms with Gasteiger partial charge in [0.05, 0.1) is 6.04 Å². The summed E-state index contributed by atoms with van der Waals surface area (Å²) in [5.41, 5.74) is 4.78. The summed E-state index contributed by atoms with van der Waals surface area (Å²) in [6, 6.07) is -1.21. The van der Waals surface area contributed by atoms with Gasteiger partial charge < -0.3 is 11.1 Å². The van der Waals surface area contributed by atoms with Crippen LogP contribution in [-0.2, 0) is 4.79 Å². The number of carbonyl (C=O) groups is 2. The zero-order valence-electron chi connectivity index (χ0n) is 7.79. The van der Waals surface area contributed by atoms with Gasteiger partial charge in [-0.2, -0.15) is 11.8 Å². The van der Waals surface area contributed by atoms with Gasteiger partial charge in [-0.1, -0.05) is 0 Å². The van der Waals surface area contributed by atoms with Gasteiger partial charge in [0, 0.05) is 12.3 Å². The van der Waals surface area contributed by atoms with Crippen LogP contribution in [0, 0.1) is 0 Å². The molecule has 0 rings (SSSR count). The number of imide groups is 1. The molecule has 6 heteroatoms. The van der Waals surface area contributed by atoms with Crippen LogP contribution >= 0.6 is 11.8 Å². The molecule has 1 atom stereocenters. The van der Waals surface area contributed by atoms with Crippen molar-refractivity contribution in [1.82, 2.24) is 10.6 Å². The molecule has 0 fully saturated rings. The van der Waals surface area contributed by atoms with E-state index in [-0.39, 0.29) is 6.04 Å². The lowest BCUT2D eigenvalue weighted by atomic mass is 10.3. The summed E-state index contributed by atoms with van der Waals surface area (Å²) < 4.78 is 0. The fourth-order valence-electron chi connectivity index (χ4n) is 0.700. The average Bonchev–Trinajstić information content (AvgIpc) is 2.03. The molecule has 3 amide bonds. The molecule has 0 saturated heterocycles. The molecule has 0 aliphatic rings. The van der Waals surface area contributed by atoms with Crippen molar-refractivity contribution in [2.24, 2.45) is 5.73 Å². The minimum Gasteiger partial charge on any atom is -0.351 e. The highest BCUT2D eigenvalue weighted by Crippen LogP contribution is 1.89. The van der Waals surface area contributed by atoms with Gasteiger partial charge >= 0.3 is 6.03 Å². The summed E-state index contributed by atoms with van der Waals surface area (Å²) in [6.45, 7) is 2.41. The van der Waals surface area contributed by atoms with E-state index in [1.54, 1.807) is 18.7 Å².